The molecule has 118 valence electrons. The number of nitrogens with zero attached hydrogens (tertiary/aromatic N) is 2. The summed E-state index contributed by atoms with van der Waals surface area (Å²) in [4.78, 5) is 16.3. The Morgan fingerprint density at radius 2 is 2.04 bits per heavy atom. The lowest BCUT2D eigenvalue weighted by Gasteiger charge is -2.07. The molecule has 3 aromatic rings. The molecule has 0 fully saturated rings. The molecule has 0 aliphatic carbocycles. The van der Waals surface area contributed by atoms with Gasteiger partial charge in [0, 0.05) is 24.0 Å². The highest BCUT2D eigenvalue weighted by molar-refractivity contribution is 5.57. The largest absolute Gasteiger partial charge is 0.494 e. The summed E-state index contributed by atoms with van der Waals surface area (Å²) in [6.45, 7) is 2.84. The molecule has 0 unspecified atom stereocenters. The van der Waals surface area contributed by atoms with Crippen molar-refractivity contribution in [2.75, 3.05) is 6.61 Å². The van der Waals surface area contributed by atoms with Crippen LogP contribution in [0.4, 0.5) is 0 Å². The average Bonchev–Trinajstić information content (AvgIpc) is 2.98. The van der Waals surface area contributed by atoms with Crippen molar-refractivity contribution in [3.8, 4) is 22.7 Å². The number of rotatable bonds is 6. The van der Waals surface area contributed by atoms with E-state index in [2.05, 4.69) is 17.0 Å². The molecule has 2 aromatic heterocycles. The van der Waals surface area contributed by atoms with Gasteiger partial charge < -0.3 is 4.74 Å². The second-order valence-corrected chi connectivity index (χ2v) is 5.28. The number of unbranched alkanes of at least 4 members (excludes halogenated alkanes) is 1. The van der Waals surface area contributed by atoms with E-state index in [9.17, 15) is 4.79 Å². The molecule has 0 atom stereocenters. The van der Waals surface area contributed by atoms with Gasteiger partial charge in [-0.3, -0.25) is 14.9 Å². The molecule has 23 heavy (non-hydrogen) atoms. The number of aromatic amines is 1. The first-order valence-electron chi connectivity index (χ1n) is 7.73. The number of hydrogen-bond acceptors (Lipinski definition) is 3. The number of H-pyrrole nitrogens is 1. The van der Waals surface area contributed by atoms with Crippen molar-refractivity contribution in [1.29, 1.82) is 0 Å². The molecule has 0 aliphatic rings. The predicted molar refractivity (Wildman–Crippen MR) is 90.0 cm³/mol. The van der Waals surface area contributed by atoms with Gasteiger partial charge in [0.2, 0.25) is 0 Å². The highest BCUT2D eigenvalue weighted by Crippen LogP contribution is 2.17. The fourth-order valence-electron chi connectivity index (χ4n) is 2.28. The summed E-state index contributed by atoms with van der Waals surface area (Å²) >= 11 is 0. The lowest BCUT2D eigenvalue weighted by Crippen LogP contribution is -2.13. The summed E-state index contributed by atoms with van der Waals surface area (Å²) in [5.74, 6) is 0.814. The lowest BCUT2D eigenvalue weighted by atomic mass is 10.2. The monoisotopic (exact) mass is 309 g/mol. The van der Waals surface area contributed by atoms with Gasteiger partial charge in [0.25, 0.3) is 5.56 Å². The zero-order chi connectivity index (χ0) is 16.1. The summed E-state index contributed by atoms with van der Waals surface area (Å²) < 4.78 is 7.15. The molecule has 0 aliphatic heterocycles. The van der Waals surface area contributed by atoms with E-state index < -0.39 is 0 Å². The Morgan fingerprint density at radius 3 is 2.74 bits per heavy atom. The van der Waals surface area contributed by atoms with Crippen LogP contribution in [0.15, 0.2) is 59.7 Å². The van der Waals surface area contributed by atoms with Crippen LogP contribution in [0.5, 0.6) is 5.75 Å². The third-order valence-corrected chi connectivity index (χ3v) is 3.55. The Kier molecular flexibility index (Phi) is 4.57. The first kappa shape index (κ1) is 15.1. The van der Waals surface area contributed by atoms with E-state index in [0.29, 0.717) is 6.61 Å². The maximum absolute atomic E-state index is 12.2. The van der Waals surface area contributed by atoms with Crippen molar-refractivity contribution in [2.45, 2.75) is 19.8 Å². The fraction of sp³-hybridized carbons (Fsp3) is 0.222. The van der Waals surface area contributed by atoms with Gasteiger partial charge in [0.05, 0.1) is 18.0 Å². The van der Waals surface area contributed by atoms with Crippen LogP contribution >= 0.6 is 0 Å². The van der Waals surface area contributed by atoms with Crippen LogP contribution in [0.3, 0.4) is 0 Å². The summed E-state index contributed by atoms with van der Waals surface area (Å²) in [7, 11) is 0. The molecular weight excluding hydrogens is 290 g/mol. The molecule has 3 rings (SSSR count). The molecule has 1 aromatic carbocycles. The first-order chi connectivity index (χ1) is 11.3. The molecule has 1 N–H and O–H groups in total. The second kappa shape index (κ2) is 6.96. The third-order valence-electron chi connectivity index (χ3n) is 3.55. The molecule has 5 heteroatoms. The van der Waals surface area contributed by atoms with Gasteiger partial charge in [-0.25, -0.2) is 4.68 Å². The number of benzene rings is 1. The van der Waals surface area contributed by atoms with E-state index in [-0.39, 0.29) is 5.56 Å². The van der Waals surface area contributed by atoms with Gasteiger partial charge in [-0.1, -0.05) is 13.3 Å². The lowest BCUT2D eigenvalue weighted by molar-refractivity contribution is 0.309. The van der Waals surface area contributed by atoms with Gasteiger partial charge in [-0.15, -0.1) is 0 Å². The van der Waals surface area contributed by atoms with Gasteiger partial charge in [-0.05, 0) is 42.8 Å². The number of pyridine rings is 1. The van der Waals surface area contributed by atoms with Crippen molar-refractivity contribution in [1.82, 2.24) is 14.8 Å². The quantitative estimate of drug-likeness (QED) is 0.710. The van der Waals surface area contributed by atoms with Crippen LogP contribution < -0.4 is 10.3 Å². The Hall–Kier alpha value is -2.82. The van der Waals surface area contributed by atoms with Crippen molar-refractivity contribution in [3.05, 3.63) is 65.2 Å². The molecule has 0 radical (unpaired) electrons. The zero-order valence-electron chi connectivity index (χ0n) is 13.0. The van der Waals surface area contributed by atoms with Gasteiger partial charge in [0.15, 0.2) is 0 Å². The summed E-state index contributed by atoms with van der Waals surface area (Å²) in [6, 6.07) is 12.8. The van der Waals surface area contributed by atoms with E-state index >= 15 is 0 Å². The molecule has 0 spiro atoms. The summed E-state index contributed by atoms with van der Waals surface area (Å²) in [6.07, 6.45) is 5.57. The zero-order valence-corrected chi connectivity index (χ0v) is 13.0. The van der Waals surface area contributed by atoms with Crippen LogP contribution in [-0.4, -0.2) is 21.4 Å². The maximum atomic E-state index is 12.2. The number of hydrogen-bond donors (Lipinski definition) is 1. The Labute approximate surface area is 134 Å². The summed E-state index contributed by atoms with van der Waals surface area (Å²) in [5.41, 5.74) is 2.28. The smallest absolute Gasteiger partial charge is 0.271 e. The highest BCUT2D eigenvalue weighted by Gasteiger charge is 2.07. The van der Waals surface area contributed by atoms with Crippen molar-refractivity contribution in [3.63, 3.8) is 0 Å². The van der Waals surface area contributed by atoms with Gasteiger partial charge in [0.1, 0.15) is 5.75 Å². The average molecular weight is 309 g/mol. The van der Waals surface area contributed by atoms with E-state index in [1.54, 1.807) is 18.5 Å². The van der Waals surface area contributed by atoms with E-state index in [4.69, 9.17) is 4.74 Å². The Bertz CT molecular complexity index is 804. The van der Waals surface area contributed by atoms with Crippen LogP contribution in [0.1, 0.15) is 19.8 Å². The van der Waals surface area contributed by atoms with Gasteiger partial charge >= 0.3 is 0 Å². The minimum Gasteiger partial charge on any atom is -0.494 e. The SMILES string of the molecule is CCCCOc1ccc(-n2[nH]c(-c3cccnc3)cc2=O)cc1. The normalized spacial score (nSPS) is 10.7. The summed E-state index contributed by atoms with van der Waals surface area (Å²) in [5, 5.41) is 3.11. The Balaban J connectivity index is 1.82. The molecule has 0 amide bonds. The number of aromatic nitrogens is 3. The van der Waals surface area contributed by atoms with Crippen molar-refractivity contribution < 1.29 is 4.74 Å². The molecule has 0 bridgehead atoms. The van der Waals surface area contributed by atoms with Crippen LogP contribution in [0.25, 0.3) is 16.9 Å². The Morgan fingerprint density at radius 1 is 1.22 bits per heavy atom. The van der Waals surface area contributed by atoms with E-state index in [1.807, 2.05) is 36.4 Å². The number of ether oxygens (including phenoxy) is 1. The van der Waals surface area contributed by atoms with Crippen LogP contribution in [-0.2, 0) is 0 Å². The van der Waals surface area contributed by atoms with Crippen LogP contribution in [0, 0.1) is 0 Å². The molecule has 5 nitrogen and oxygen atoms in total. The second-order valence-electron chi connectivity index (χ2n) is 5.28. The molecule has 0 saturated carbocycles. The predicted octanol–water partition coefficient (Wildman–Crippen LogP) is 3.41. The molecule has 2 heterocycles. The van der Waals surface area contributed by atoms with E-state index in [1.165, 1.54) is 4.68 Å². The minimum atomic E-state index is -0.108. The standard InChI is InChI=1S/C18H19N3O2/c1-2-3-11-23-16-8-6-15(7-9-16)21-18(22)12-17(20-21)14-5-4-10-19-13-14/h4-10,12-13,20H,2-3,11H2,1H3. The highest BCUT2D eigenvalue weighted by atomic mass is 16.5. The van der Waals surface area contributed by atoms with Crippen molar-refractivity contribution in [2.24, 2.45) is 0 Å². The fourth-order valence-corrected chi connectivity index (χ4v) is 2.28. The first-order valence-corrected chi connectivity index (χ1v) is 7.73. The van der Waals surface area contributed by atoms with E-state index in [0.717, 1.165) is 35.5 Å². The number of nitrogens with one attached hydrogen (secondary N) is 1. The van der Waals surface area contributed by atoms with Crippen LogP contribution in [0.2, 0.25) is 0 Å². The molecule has 0 saturated heterocycles. The van der Waals surface area contributed by atoms with Gasteiger partial charge in [-0.2, -0.15) is 0 Å². The topological polar surface area (TPSA) is 59.9 Å². The minimum absolute atomic E-state index is 0.108. The maximum Gasteiger partial charge on any atom is 0.271 e. The van der Waals surface area contributed by atoms with Crippen molar-refractivity contribution >= 4 is 0 Å². The molecular formula is C18H19N3O2. The third kappa shape index (κ3) is 3.51.